The Hall–Kier alpha value is -3.02. The molecule has 30 heavy (non-hydrogen) atoms. The monoisotopic (exact) mass is 414 g/mol. The molecule has 0 aliphatic rings. The fraction of sp³-hybridized carbons (Fsp3) is 0.417. The van der Waals surface area contributed by atoms with E-state index in [2.05, 4.69) is 0 Å². The maximum absolute atomic E-state index is 12.2. The number of carbonyl (C=O) groups is 2. The quantitative estimate of drug-likeness (QED) is 0.389. The standard InChI is InChI=1S/C24H30O6/c1-15(2)13-20(25)19-8-10-22(17(4)23(19)26)30-12-6-5-11-29-21-9-7-18(24(27)28)14-16(21)3/h7-10,14-15,26H,5-6,11-13H2,1-4H3,(H,27,28). The summed E-state index contributed by atoms with van der Waals surface area (Å²) in [5.74, 6) is 0.426. The van der Waals surface area contributed by atoms with Crippen LogP contribution in [0.3, 0.4) is 0 Å². The lowest BCUT2D eigenvalue weighted by atomic mass is 9.98. The molecule has 2 rings (SSSR count). The SMILES string of the molecule is Cc1cc(C(=O)O)ccc1OCCCCOc1ccc(C(=O)CC(C)C)c(O)c1C. The second kappa shape index (κ2) is 10.7. The predicted molar refractivity (Wildman–Crippen MR) is 115 cm³/mol. The van der Waals surface area contributed by atoms with Crippen LogP contribution in [0, 0.1) is 19.8 Å². The number of aromatic hydroxyl groups is 1. The third-order valence-corrected chi connectivity index (χ3v) is 4.75. The molecule has 0 spiro atoms. The van der Waals surface area contributed by atoms with Crippen molar-refractivity contribution < 1.29 is 29.3 Å². The molecule has 6 heteroatoms. The molecule has 0 heterocycles. The van der Waals surface area contributed by atoms with Gasteiger partial charge in [-0.1, -0.05) is 13.8 Å². The Bertz CT molecular complexity index is 901. The lowest BCUT2D eigenvalue weighted by Gasteiger charge is -2.14. The van der Waals surface area contributed by atoms with Crippen molar-refractivity contribution in [2.75, 3.05) is 13.2 Å². The summed E-state index contributed by atoms with van der Waals surface area (Å²) in [6.07, 6.45) is 1.91. The first-order valence-corrected chi connectivity index (χ1v) is 10.2. The molecule has 6 nitrogen and oxygen atoms in total. The summed E-state index contributed by atoms with van der Waals surface area (Å²) in [5.41, 5.74) is 1.93. The van der Waals surface area contributed by atoms with E-state index in [0.29, 0.717) is 42.3 Å². The molecule has 162 valence electrons. The first kappa shape index (κ1) is 23.3. The number of phenols is 1. The van der Waals surface area contributed by atoms with E-state index in [-0.39, 0.29) is 23.0 Å². The highest BCUT2D eigenvalue weighted by atomic mass is 16.5. The maximum Gasteiger partial charge on any atom is 0.335 e. The van der Waals surface area contributed by atoms with Crippen LogP contribution in [0.1, 0.15) is 65.0 Å². The van der Waals surface area contributed by atoms with Crippen molar-refractivity contribution in [3.8, 4) is 17.2 Å². The van der Waals surface area contributed by atoms with Crippen LogP contribution in [0.2, 0.25) is 0 Å². The minimum absolute atomic E-state index is 0.0123. The van der Waals surface area contributed by atoms with Gasteiger partial charge in [-0.15, -0.1) is 0 Å². The van der Waals surface area contributed by atoms with Crippen molar-refractivity contribution in [1.29, 1.82) is 0 Å². The molecule has 0 radical (unpaired) electrons. The summed E-state index contributed by atoms with van der Waals surface area (Å²) in [7, 11) is 0. The first-order chi connectivity index (χ1) is 14.2. The van der Waals surface area contributed by atoms with Gasteiger partial charge in [-0.3, -0.25) is 4.79 Å². The van der Waals surface area contributed by atoms with Crippen LogP contribution >= 0.6 is 0 Å². The molecule has 0 saturated heterocycles. The smallest absolute Gasteiger partial charge is 0.335 e. The molecule has 2 N–H and O–H groups in total. The Morgan fingerprint density at radius 1 is 0.967 bits per heavy atom. The molecule has 0 aliphatic heterocycles. The van der Waals surface area contributed by atoms with Crippen LogP contribution in [0.25, 0.3) is 0 Å². The van der Waals surface area contributed by atoms with Crippen LogP contribution < -0.4 is 9.47 Å². The predicted octanol–water partition coefficient (Wildman–Crippen LogP) is 5.17. The Labute approximate surface area is 177 Å². The minimum atomic E-state index is -0.958. The minimum Gasteiger partial charge on any atom is -0.507 e. The van der Waals surface area contributed by atoms with Crippen molar-refractivity contribution in [1.82, 2.24) is 0 Å². The zero-order valence-electron chi connectivity index (χ0n) is 18.0. The second-order valence-electron chi connectivity index (χ2n) is 7.80. The van der Waals surface area contributed by atoms with Gasteiger partial charge in [-0.2, -0.15) is 0 Å². The van der Waals surface area contributed by atoms with Gasteiger partial charge in [0.25, 0.3) is 0 Å². The number of ether oxygens (including phenoxy) is 2. The van der Waals surface area contributed by atoms with Gasteiger partial charge in [0.05, 0.1) is 24.3 Å². The second-order valence-corrected chi connectivity index (χ2v) is 7.80. The summed E-state index contributed by atoms with van der Waals surface area (Å²) in [6.45, 7) is 8.44. The lowest BCUT2D eigenvalue weighted by molar-refractivity contribution is 0.0696. The van der Waals surface area contributed by atoms with E-state index in [1.165, 1.54) is 6.07 Å². The number of hydrogen-bond donors (Lipinski definition) is 2. The van der Waals surface area contributed by atoms with Gasteiger partial charge in [0, 0.05) is 12.0 Å². The fourth-order valence-corrected chi connectivity index (χ4v) is 3.06. The molecular weight excluding hydrogens is 384 g/mol. The molecule has 0 amide bonds. The van der Waals surface area contributed by atoms with Gasteiger partial charge in [0.1, 0.15) is 17.2 Å². The Morgan fingerprint density at radius 2 is 1.57 bits per heavy atom. The van der Waals surface area contributed by atoms with Gasteiger partial charge in [-0.25, -0.2) is 4.79 Å². The number of ketones is 1. The van der Waals surface area contributed by atoms with Crippen molar-refractivity contribution in [2.24, 2.45) is 5.92 Å². The van der Waals surface area contributed by atoms with Gasteiger partial charge >= 0.3 is 5.97 Å². The number of aromatic carboxylic acids is 1. The van der Waals surface area contributed by atoms with E-state index < -0.39 is 5.97 Å². The van der Waals surface area contributed by atoms with E-state index in [4.69, 9.17) is 14.6 Å². The summed E-state index contributed by atoms with van der Waals surface area (Å²) < 4.78 is 11.5. The third-order valence-electron chi connectivity index (χ3n) is 4.75. The highest BCUT2D eigenvalue weighted by Gasteiger charge is 2.17. The highest BCUT2D eigenvalue weighted by Crippen LogP contribution is 2.32. The number of unbranched alkanes of at least 4 members (excludes halogenated alkanes) is 1. The Kier molecular flexibility index (Phi) is 8.27. The lowest BCUT2D eigenvalue weighted by Crippen LogP contribution is -2.07. The Balaban J connectivity index is 1.80. The largest absolute Gasteiger partial charge is 0.507 e. The van der Waals surface area contributed by atoms with Gasteiger partial charge in [0.15, 0.2) is 5.78 Å². The van der Waals surface area contributed by atoms with Crippen LogP contribution in [-0.4, -0.2) is 35.2 Å². The summed E-state index contributed by atoms with van der Waals surface area (Å²) >= 11 is 0. The molecule has 0 aromatic heterocycles. The Morgan fingerprint density at radius 3 is 2.13 bits per heavy atom. The number of carbonyl (C=O) groups excluding carboxylic acids is 1. The molecule has 2 aromatic rings. The molecule has 0 fully saturated rings. The van der Waals surface area contributed by atoms with Gasteiger partial charge in [-0.05, 0) is 68.5 Å². The average Bonchev–Trinajstić information content (AvgIpc) is 2.67. The van der Waals surface area contributed by atoms with Crippen molar-refractivity contribution >= 4 is 11.8 Å². The van der Waals surface area contributed by atoms with E-state index in [9.17, 15) is 14.7 Å². The van der Waals surface area contributed by atoms with Crippen molar-refractivity contribution in [3.05, 3.63) is 52.6 Å². The molecule has 0 aliphatic carbocycles. The molecule has 2 aromatic carbocycles. The van der Waals surface area contributed by atoms with Crippen LogP contribution in [0.5, 0.6) is 17.2 Å². The van der Waals surface area contributed by atoms with Crippen molar-refractivity contribution in [3.63, 3.8) is 0 Å². The normalized spacial score (nSPS) is 10.8. The number of rotatable bonds is 11. The van der Waals surface area contributed by atoms with Crippen LogP contribution in [0.15, 0.2) is 30.3 Å². The molecule has 0 bridgehead atoms. The number of carboxylic acid groups (broad SMARTS) is 1. The number of Topliss-reactive ketones (excluding diaryl/α,β-unsaturated/α-hetero) is 1. The summed E-state index contributed by atoms with van der Waals surface area (Å²) in [6, 6.07) is 8.13. The molecule has 0 saturated carbocycles. The number of benzene rings is 2. The summed E-state index contributed by atoms with van der Waals surface area (Å²) in [4.78, 5) is 23.2. The average molecular weight is 414 g/mol. The molecule has 0 atom stereocenters. The van der Waals surface area contributed by atoms with E-state index in [1.54, 1.807) is 31.2 Å². The van der Waals surface area contributed by atoms with E-state index in [0.717, 1.165) is 18.4 Å². The number of aryl methyl sites for hydroxylation is 1. The third kappa shape index (κ3) is 6.24. The van der Waals surface area contributed by atoms with E-state index >= 15 is 0 Å². The van der Waals surface area contributed by atoms with Crippen LogP contribution in [0.4, 0.5) is 0 Å². The van der Waals surface area contributed by atoms with E-state index in [1.807, 2.05) is 20.8 Å². The topological polar surface area (TPSA) is 93.1 Å². The zero-order valence-corrected chi connectivity index (χ0v) is 18.0. The summed E-state index contributed by atoms with van der Waals surface area (Å²) in [5, 5.41) is 19.3. The molecule has 0 unspecified atom stereocenters. The number of hydrogen-bond acceptors (Lipinski definition) is 5. The van der Waals surface area contributed by atoms with Crippen molar-refractivity contribution in [2.45, 2.75) is 47.0 Å². The fourth-order valence-electron chi connectivity index (χ4n) is 3.06. The number of carboxylic acids is 1. The van der Waals surface area contributed by atoms with Crippen LogP contribution in [-0.2, 0) is 0 Å². The first-order valence-electron chi connectivity index (χ1n) is 10.2. The number of phenolic OH excluding ortho intramolecular Hbond substituents is 1. The zero-order chi connectivity index (χ0) is 22.3. The molecular formula is C24H30O6. The van der Waals surface area contributed by atoms with Gasteiger partial charge < -0.3 is 19.7 Å². The highest BCUT2D eigenvalue weighted by molar-refractivity contribution is 5.99. The van der Waals surface area contributed by atoms with Gasteiger partial charge in [0.2, 0.25) is 0 Å². The maximum atomic E-state index is 12.2.